The van der Waals surface area contributed by atoms with E-state index in [-0.39, 0.29) is 18.6 Å². The van der Waals surface area contributed by atoms with Crippen molar-refractivity contribution >= 4 is 5.91 Å². The number of likely N-dealkylation sites (tertiary alicyclic amines) is 1. The van der Waals surface area contributed by atoms with Crippen LogP contribution < -0.4 is 4.74 Å². The minimum atomic E-state index is -0.550. The molecule has 2 aromatic carbocycles. The molecule has 2 atom stereocenters. The second-order valence-corrected chi connectivity index (χ2v) is 6.00. The van der Waals surface area contributed by atoms with Crippen LogP contribution in [0.3, 0.4) is 0 Å². The maximum Gasteiger partial charge on any atom is 0.254 e. The van der Waals surface area contributed by atoms with Crippen molar-refractivity contribution in [3.63, 3.8) is 0 Å². The predicted molar refractivity (Wildman–Crippen MR) is 89.8 cm³/mol. The van der Waals surface area contributed by atoms with Crippen molar-refractivity contribution in [3.05, 3.63) is 65.2 Å². The van der Waals surface area contributed by atoms with Crippen LogP contribution in [0.5, 0.6) is 5.75 Å². The first-order valence-corrected chi connectivity index (χ1v) is 7.95. The number of aliphatic hydroxyl groups is 2. The second-order valence-electron chi connectivity index (χ2n) is 6.00. The Bertz CT molecular complexity index is 731. The van der Waals surface area contributed by atoms with Crippen LogP contribution in [0.2, 0.25) is 0 Å². The number of benzene rings is 2. The van der Waals surface area contributed by atoms with Gasteiger partial charge in [0.1, 0.15) is 5.75 Å². The monoisotopic (exact) mass is 327 g/mol. The smallest absolute Gasteiger partial charge is 0.254 e. The molecule has 0 radical (unpaired) electrons. The molecule has 1 aliphatic heterocycles. The van der Waals surface area contributed by atoms with Crippen LogP contribution in [-0.4, -0.2) is 40.8 Å². The highest BCUT2D eigenvalue weighted by Crippen LogP contribution is 2.34. The molecule has 0 aromatic heterocycles. The summed E-state index contributed by atoms with van der Waals surface area (Å²) in [5.74, 6) is 0.582. The van der Waals surface area contributed by atoms with Crippen LogP contribution in [0, 0.1) is 0 Å². The Morgan fingerprint density at radius 1 is 1.25 bits per heavy atom. The normalized spacial score (nSPS) is 20.2. The molecule has 1 aliphatic rings. The molecular formula is C19H21NO4. The number of nitrogens with zero attached hydrogens (tertiary/aromatic N) is 1. The van der Waals surface area contributed by atoms with E-state index in [4.69, 9.17) is 4.74 Å². The first-order chi connectivity index (χ1) is 11.6. The molecular weight excluding hydrogens is 306 g/mol. The Hall–Kier alpha value is -2.37. The molecule has 0 saturated carbocycles. The van der Waals surface area contributed by atoms with E-state index in [0.29, 0.717) is 24.1 Å². The molecule has 2 N–H and O–H groups in total. The Morgan fingerprint density at radius 2 is 2.04 bits per heavy atom. The van der Waals surface area contributed by atoms with Crippen molar-refractivity contribution in [3.8, 4) is 5.75 Å². The number of rotatable bonds is 4. The molecule has 2 aromatic rings. The fourth-order valence-corrected chi connectivity index (χ4v) is 3.17. The summed E-state index contributed by atoms with van der Waals surface area (Å²) < 4.78 is 5.26. The number of carbonyl (C=O) groups excluding carboxylic acids is 1. The van der Waals surface area contributed by atoms with Crippen LogP contribution in [0.25, 0.3) is 0 Å². The largest absolute Gasteiger partial charge is 0.497 e. The van der Waals surface area contributed by atoms with E-state index in [9.17, 15) is 15.0 Å². The number of hydrogen-bond donors (Lipinski definition) is 2. The fraction of sp³-hybridized carbons (Fsp3) is 0.316. The van der Waals surface area contributed by atoms with Gasteiger partial charge < -0.3 is 19.8 Å². The van der Waals surface area contributed by atoms with Crippen molar-refractivity contribution in [2.75, 3.05) is 13.7 Å². The molecule has 1 saturated heterocycles. The van der Waals surface area contributed by atoms with Crippen molar-refractivity contribution in [2.24, 2.45) is 0 Å². The lowest BCUT2D eigenvalue weighted by Crippen LogP contribution is -2.31. The summed E-state index contributed by atoms with van der Waals surface area (Å²) in [6.45, 7) is 0.188. The van der Waals surface area contributed by atoms with Crippen LogP contribution in [0.1, 0.15) is 33.9 Å². The van der Waals surface area contributed by atoms with Crippen LogP contribution in [-0.2, 0) is 6.61 Å². The number of aliphatic hydroxyl groups excluding tert-OH is 2. The number of ether oxygens (including phenoxy) is 1. The lowest BCUT2D eigenvalue weighted by atomic mass is 10.0. The zero-order chi connectivity index (χ0) is 17.1. The van der Waals surface area contributed by atoms with E-state index < -0.39 is 6.10 Å². The molecule has 0 aliphatic carbocycles. The summed E-state index contributed by atoms with van der Waals surface area (Å²) in [7, 11) is 1.60. The van der Waals surface area contributed by atoms with Gasteiger partial charge in [-0.05, 0) is 41.8 Å². The van der Waals surface area contributed by atoms with Crippen molar-refractivity contribution in [2.45, 2.75) is 25.2 Å². The summed E-state index contributed by atoms with van der Waals surface area (Å²) in [4.78, 5) is 14.6. The van der Waals surface area contributed by atoms with Crippen molar-refractivity contribution in [1.29, 1.82) is 0 Å². The molecule has 0 spiro atoms. The molecule has 1 fully saturated rings. The number of methoxy groups -OCH3 is 1. The van der Waals surface area contributed by atoms with Gasteiger partial charge in [-0.3, -0.25) is 4.79 Å². The van der Waals surface area contributed by atoms with Gasteiger partial charge in [0.25, 0.3) is 5.91 Å². The molecule has 24 heavy (non-hydrogen) atoms. The summed E-state index contributed by atoms with van der Waals surface area (Å²) >= 11 is 0. The quantitative estimate of drug-likeness (QED) is 0.903. The van der Waals surface area contributed by atoms with Crippen LogP contribution >= 0.6 is 0 Å². The Balaban J connectivity index is 1.90. The highest BCUT2D eigenvalue weighted by Gasteiger charge is 2.35. The van der Waals surface area contributed by atoms with Crippen LogP contribution in [0.15, 0.2) is 48.5 Å². The fourth-order valence-electron chi connectivity index (χ4n) is 3.17. The maximum absolute atomic E-state index is 12.9. The van der Waals surface area contributed by atoms with Gasteiger partial charge in [0.15, 0.2) is 0 Å². The van der Waals surface area contributed by atoms with Gasteiger partial charge in [0.05, 0.1) is 25.9 Å². The van der Waals surface area contributed by atoms with E-state index in [1.807, 2.05) is 24.3 Å². The molecule has 3 rings (SSSR count). The predicted octanol–water partition coefficient (Wildman–Crippen LogP) is 2.14. The van der Waals surface area contributed by atoms with E-state index in [2.05, 4.69) is 0 Å². The van der Waals surface area contributed by atoms with Gasteiger partial charge in [0.2, 0.25) is 0 Å². The summed E-state index contributed by atoms with van der Waals surface area (Å²) in [5, 5.41) is 19.3. The number of carbonyl (C=O) groups is 1. The van der Waals surface area contributed by atoms with Gasteiger partial charge in [-0.25, -0.2) is 0 Å². The highest BCUT2D eigenvalue weighted by molar-refractivity contribution is 5.95. The molecule has 1 heterocycles. The molecule has 0 bridgehead atoms. The van der Waals surface area contributed by atoms with E-state index >= 15 is 0 Å². The minimum absolute atomic E-state index is 0.108. The van der Waals surface area contributed by atoms with E-state index in [1.54, 1.807) is 36.3 Å². The van der Waals surface area contributed by atoms with E-state index in [1.165, 1.54) is 0 Å². The van der Waals surface area contributed by atoms with Crippen LogP contribution in [0.4, 0.5) is 0 Å². The zero-order valence-electron chi connectivity index (χ0n) is 13.6. The average molecular weight is 327 g/mol. The topological polar surface area (TPSA) is 70.0 Å². The lowest BCUT2D eigenvalue weighted by Gasteiger charge is -2.25. The molecule has 0 unspecified atom stereocenters. The third-order valence-electron chi connectivity index (χ3n) is 4.37. The SMILES string of the molecule is COc1cccc([C@H]2C[C@H](O)CN2C(=O)c2cccc(CO)c2)c1. The minimum Gasteiger partial charge on any atom is -0.497 e. The Morgan fingerprint density at radius 3 is 2.79 bits per heavy atom. The standard InChI is InChI=1S/C19H21NO4/c1-24-17-7-3-5-14(9-17)18-10-16(22)11-20(18)19(23)15-6-2-4-13(8-15)12-21/h2-9,16,18,21-22H,10-12H2,1H3/t16-,18+/m0/s1. The van der Waals surface area contributed by atoms with Gasteiger partial charge in [-0.1, -0.05) is 24.3 Å². The molecule has 5 nitrogen and oxygen atoms in total. The van der Waals surface area contributed by atoms with Gasteiger partial charge >= 0.3 is 0 Å². The van der Waals surface area contributed by atoms with E-state index in [0.717, 1.165) is 11.3 Å². The molecule has 1 amide bonds. The molecule has 5 heteroatoms. The third kappa shape index (κ3) is 3.27. The Kier molecular flexibility index (Phi) is 4.83. The number of β-amino-alcohol motifs (C(OH)–C–C–N with tert-alkyl or cyclic N) is 1. The van der Waals surface area contributed by atoms with Crippen molar-refractivity contribution < 1.29 is 19.7 Å². The molecule has 126 valence electrons. The first-order valence-electron chi connectivity index (χ1n) is 7.95. The highest BCUT2D eigenvalue weighted by atomic mass is 16.5. The number of hydrogen-bond acceptors (Lipinski definition) is 4. The number of amides is 1. The lowest BCUT2D eigenvalue weighted by molar-refractivity contribution is 0.0715. The first kappa shape index (κ1) is 16.5. The van der Waals surface area contributed by atoms with Crippen molar-refractivity contribution in [1.82, 2.24) is 4.90 Å². The van der Waals surface area contributed by atoms with Gasteiger partial charge in [0, 0.05) is 12.1 Å². The van der Waals surface area contributed by atoms with Gasteiger partial charge in [-0.2, -0.15) is 0 Å². The average Bonchev–Trinajstić information content (AvgIpc) is 3.03. The third-order valence-corrected chi connectivity index (χ3v) is 4.37. The zero-order valence-corrected chi connectivity index (χ0v) is 13.6. The summed E-state index contributed by atoms with van der Waals surface area (Å²) in [6.07, 6.45) is -0.0512. The van der Waals surface area contributed by atoms with Gasteiger partial charge in [-0.15, -0.1) is 0 Å². The second kappa shape index (κ2) is 7.03. The maximum atomic E-state index is 12.9. The summed E-state index contributed by atoms with van der Waals surface area (Å²) in [6, 6.07) is 14.3. The Labute approximate surface area is 141 Å². The summed E-state index contributed by atoms with van der Waals surface area (Å²) in [5.41, 5.74) is 2.15.